The fraction of sp³-hybridized carbons (Fsp3) is 0.615. The van der Waals surface area contributed by atoms with Gasteiger partial charge in [-0.25, -0.2) is 4.79 Å². The van der Waals surface area contributed by atoms with Crippen LogP contribution in [0.3, 0.4) is 0 Å². The number of rotatable bonds is 4. The fourth-order valence-electron chi connectivity index (χ4n) is 2.32. The fourth-order valence-corrected chi connectivity index (χ4v) is 3.63. The van der Waals surface area contributed by atoms with Crippen LogP contribution in [0.15, 0.2) is 15.8 Å². The minimum atomic E-state index is -1.22. The van der Waals surface area contributed by atoms with Crippen LogP contribution in [0.4, 0.5) is 0 Å². The first kappa shape index (κ1) is 16.6. The second-order valence-corrected chi connectivity index (χ2v) is 10.8. The van der Waals surface area contributed by atoms with Crippen molar-refractivity contribution in [1.29, 1.82) is 0 Å². The molecule has 1 aromatic rings. The number of aliphatic hydroxyl groups excluding tert-OH is 1. The maximum Gasteiger partial charge on any atom is 0.325 e. The minimum Gasteiger partial charge on any atom is -0.389 e. The Balaban J connectivity index is 2.18. The molecule has 0 amide bonds. The lowest BCUT2D eigenvalue weighted by Gasteiger charge is -2.18. The molecular weight excluding hydrogens is 315 g/mol. The summed E-state index contributed by atoms with van der Waals surface area (Å²) in [5.74, 6) is 0. The van der Waals surface area contributed by atoms with Gasteiger partial charge < -0.3 is 14.8 Å². The van der Waals surface area contributed by atoms with E-state index in [0.29, 0.717) is 6.42 Å². The molecule has 1 aliphatic rings. The summed E-state index contributed by atoms with van der Waals surface area (Å²) in [4.78, 5) is 27.4. The van der Waals surface area contributed by atoms with Crippen LogP contribution < -0.4 is 11.2 Å². The maximum absolute atomic E-state index is 11.8. The molecule has 4 atom stereocenters. The number of alkyl halides is 1. The first-order chi connectivity index (χ1) is 9.69. The number of aliphatic hydroxyl groups is 1. The molecule has 0 saturated carbocycles. The molecule has 1 aliphatic heterocycles. The molecule has 0 aliphatic carbocycles. The van der Waals surface area contributed by atoms with Gasteiger partial charge in [-0.2, -0.15) is 0 Å². The molecule has 1 unspecified atom stereocenters. The van der Waals surface area contributed by atoms with Gasteiger partial charge >= 0.3 is 5.69 Å². The quantitative estimate of drug-likeness (QED) is 0.554. The standard InChI is InChI=1S/C13H20ClN2O4P/c1-21(2,3)5-4-8-10(17)9(14)11(20-8)7-6-15-13(19)16-12(7)18/h6,8-11,17H,1,4-5H2,2-3H3,(H2,15,16,18,19)/t8-,9-,10-,11?/m1/s1. The molecule has 6 nitrogen and oxygen atoms in total. The summed E-state index contributed by atoms with van der Waals surface area (Å²) in [5, 5.41) is 9.45. The van der Waals surface area contributed by atoms with E-state index < -0.39 is 41.8 Å². The Labute approximate surface area is 127 Å². The third kappa shape index (κ3) is 3.89. The number of hydrogen-bond acceptors (Lipinski definition) is 4. The van der Waals surface area contributed by atoms with Gasteiger partial charge in [-0.15, -0.1) is 24.8 Å². The molecule has 0 spiro atoms. The Morgan fingerprint density at radius 1 is 1.48 bits per heavy atom. The Hall–Kier alpha value is -0.810. The summed E-state index contributed by atoms with van der Waals surface area (Å²) in [6.45, 7) is 2.99. The van der Waals surface area contributed by atoms with E-state index in [1.54, 1.807) is 0 Å². The van der Waals surface area contributed by atoms with Gasteiger partial charge in [-0.05, 0) is 25.9 Å². The van der Waals surface area contributed by atoms with Crippen molar-refractivity contribution in [3.8, 4) is 0 Å². The monoisotopic (exact) mass is 334 g/mol. The predicted octanol–water partition coefficient (Wildman–Crippen LogP) is 0.571. The third-order valence-corrected chi connectivity index (χ3v) is 5.45. The highest BCUT2D eigenvalue weighted by Gasteiger charge is 2.44. The molecule has 1 saturated heterocycles. The van der Waals surface area contributed by atoms with Crippen LogP contribution in [0.1, 0.15) is 18.1 Å². The van der Waals surface area contributed by atoms with Crippen LogP contribution in [0.25, 0.3) is 0 Å². The van der Waals surface area contributed by atoms with Crippen molar-refractivity contribution in [3.63, 3.8) is 0 Å². The molecule has 2 heterocycles. The normalized spacial score (nSPS) is 29.7. The van der Waals surface area contributed by atoms with Gasteiger partial charge in [0.1, 0.15) is 6.10 Å². The summed E-state index contributed by atoms with van der Waals surface area (Å²) in [6.07, 6.45) is 4.91. The summed E-state index contributed by atoms with van der Waals surface area (Å²) < 4.78 is 5.75. The molecule has 8 heteroatoms. The molecule has 0 aromatic carbocycles. The molecular formula is C13H20ClN2O4P. The minimum absolute atomic E-state index is 0.222. The van der Waals surface area contributed by atoms with Crippen LogP contribution in [0.2, 0.25) is 0 Å². The van der Waals surface area contributed by atoms with Crippen LogP contribution in [-0.4, -0.2) is 58.5 Å². The zero-order chi connectivity index (χ0) is 15.8. The van der Waals surface area contributed by atoms with Crippen LogP contribution in [0.5, 0.6) is 0 Å². The first-order valence-corrected chi connectivity index (χ1v) is 10.1. The zero-order valence-electron chi connectivity index (χ0n) is 12.0. The number of ether oxygens (including phenoxy) is 1. The molecule has 21 heavy (non-hydrogen) atoms. The Morgan fingerprint density at radius 2 is 2.14 bits per heavy atom. The average molecular weight is 335 g/mol. The molecule has 0 bridgehead atoms. The maximum atomic E-state index is 11.8. The van der Waals surface area contributed by atoms with E-state index in [9.17, 15) is 14.7 Å². The van der Waals surface area contributed by atoms with Crippen LogP contribution in [-0.2, 0) is 4.74 Å². The van der Waals surface area contributed by atoms with Gasteiger partial charge in [-0.3, -0.25) is 9.78 Å². The van der Waals surface area contributed by atoms with E-state index in [1.807, 2.05) is 0 Å². The Bertz CT molecular complexity index is 665. The largest absolute Gasteiger partial charge is 0.389 e. The smallest absolute Gasteiger partial charge is 0.325 e. The zero-order valence-corrected chi connectivity index (χ0v) is 13.7. The highest BCUT2D eigenvalue weighted by Crippen LogP contribution is 2.41. The summed E-state index contributed by atoms with van der Waals surface area (Å²) in [6, 6.07) is 0. The van der Waals surface area contributed by atoms with Crippen molar-refractivity contribution in [2.24, 2.45) is 0 Å². The van der Waals surface area contributed by atoms with Gasteiger partial charge in [0.2, 0.25) is 0 Å². The Morgan fingerprint density at radius 3 is 2.71 bits per heavy atom. The van der Waals surface area contributed by atoms with Crippen molar-refractivity contribution >= 4 is 24.8 Å². The lowest BCUT2D eigenvalue weighted by molar-refractivity contribution is 0.00777. The van der Waals surface area contributed by atoms with E-state index in [1.165, 1.54) is 6.20 Å². The molecule has 3 N–H and O–H groups in total. The summed E-state index contributed by atoms with van der Waals surface area (Å²) in [5.41, 5.74) is -0.916. The molecule has 1 fully saturated rings. The van der Waals surface area contributed by atoms with Crippen LogP contribution in [0, 0.1) is 0 Å². The molecule has 2 rings (SSSR count). The van der Waals surface area contributed by atoms with Crippen molar-refractivity contribution in [1.82, 2.24) is 9.97 Å². The lowest BCUT2D eigenvalue weighted by Crippen LogP contribution is -2.30. The molecule has 118 valence electrons. The van der Waals surface area contributed by atoms with Crippen molar-refractivity contribution in [2.75, 3.05) is 19.5 Å². The van der Waals surface area contributed by atoms with E-state index in [0.717, 1.165) is 6.16 Å². The number of aromatic nitrogens is 2. The van der Waals surface area contributed by atoms with E-state index in [4.69, 9.17) is 16.3 Å². The van der Waals surface area contributed by atoms with Crippen molar-refractivity contribution < 1.29 is 9.84 Å². The first-order valence-electron chi connectivity index (χ1n) is 6.66. The number of aromatic amines is 2. The van der Waals surface area contributed by atoms with E-state index in [-0.39, 0.29) is 5.56 Å². The third-order valence-electron chi connectivity index (χ3n) is 3.49. The summed E-state index contributed by atoms with van der Waals surface area (Å²) >= 11 is 6.19. The average Bonchev–Trinajstić information content (AvgIpc) is 2.64. The van der Waals surface area contributed by atoms with E-state index >= 15 is 0 Å². The topological polar surface area (TPSA) is 95.2 Å². The van der Waals surface area contributed by atoms with E-state index in [2.05, 4.69) is 29.6 Å². The highest BCUT2D eigenvalue weighted by molar-refractivity contribution is 7.72. The van der Waals surface area contributed by atoms with Crippen molar-refractivity contribution in [3.05, 3.63) is 32.6 Å². The molecule has 0 radical (unpaired) electrons. The van der Waals surface area contributed by atoms with Gasteiger partial charge in [0.15, 0.2) is 0 Å². The second kappa shape index (κ2) is 6.13. The van der Waals surface area contributed by atoms with Crippen LogP contribution >= 0.6 is 18.5 Å². The number of H-pyrrole nitrogens is 2. The highest BCUT2D eigenvalue weighted by atomic mass is 35.5. The van der Waals surface area contributed by atoms with Gasteiger partial charge in [0.05, 0.1) is 23.1 Å². The summed E-state index contributed by atoms with van der Waals surface area (Å²) in [7, 11) is 0. The van der Waals surface area contributed by atoms with Crippen molar-refractivity contribution in [2.45, 2.75) is 30.1 Å². The number of hydrogen-bond donors (Lipinski definition) is 3. The Kier molecular flexibility index (Phi) is 4.83. The van der Waals surface area contributed by atoms with Gasteiger partial charge in [0.25, 0.3) is 5.56 Å². The van der Waals surface area contributed by atoms with Gasteiger partial charge in [0, 0.05) is 6.20 Å². The number of halogens is 1. The SMILES string of the molecule is C=P(C)(C)CC[C@H]1OC(c2c[nH]c(=O)[nH]c2=O)[C@H](Cl)[C@@H]1O. The second-order valence-electron chi connectivity index (χ2n) is 6.01. The molecule has 1 aromatic heterocycles. The van der Waals surface area contributed by atoms with Gasteiger partial charge in [-0.1, -0.05) is 0 Å². The number of nitrogens with one attached hydrogen (secondary N) is 2. The lowest BCUT2D eigenvalue weighted by atomic mass is 10.1. The predicted molar refractivity (Wildman–Crippen MR) is 86.3 cm³/mol.